The van der Waals surface area contributed by atoms with Gasteiger partial charge in [0.15, 0.2) is 11.6 Å². The van der Waals surface area contributed by atoms with Crippen LogP contribution in [0.1, 0.15) is 10.4 Å². The number of carbonyl (C=O) groups is 1. The van der Waals surface area contributed by atoms with Crippen LogP contribution in [0.15, 0.2) is 42.6 Å². The van der Waals surface area contributed by atoms with Crippen LogP contribution >= 0.6 is 11.6 Å². The summed E-state index contributed by atoms with van der Waals surface area (Å²) in [6, 6.07) is 8.78. The van der Waals surface area contributed by atoms with E-state index in [-0.39, 0.29) is 23.0 Å². The van der Waals surface area contributed by atoms with Gasteiger partial charge in [0.2, 0.25) is 0 Å². The van der Waals surface area contributed by atoms with Crippen LogP contribution in [0.4, 0.5) is 14.6 Å². The second-order valence-electron chi connectivity index (χ2n) is 8.36. The summed E-state index contributed by atoms with van der Waals surface area (Å²) in [4.78, 5) is 27.2. The molecule has 2 saturated heterocycles. The van der Waals surface area contributed by atoms with Crippen molar-refractivity contribution in [2.45, 2.75) is 12.1 Å². The number of hydrogen-bond donors (Lipinski definition) is 1. The summed E-state index contributed by atoms with van der Waals surface area (Å²) in [6.07, 6.45) is 0.906. The summed E-state index contributed by atoms with van der Waals surface area (Å²) in [7, 11) is 0. The molecule has 0 radical (unpaired) electrons. The topological polar surface area (TPSA) is 72.8 Å². The van der Waals surface area contributed by atoms with Gasteiger partial charge in [0, 0.05) is 62.0 Å². The lowest BCUT2D eigenvalue weighted by Gasteiger charge is -2.38. The van der Waals surface area contributed by atoms with Crippen molar-refractivity contribution < 1.29 is 18.7 Å². The molecule has 0 saturated carbocycles. The predicted octanol–water partition coefficient (Wildman–Crippen LogP) is 2.57. The zero-order chi connectivity index (χ0) is 23.1. The molecular formula is C23H22ClF2N5O2. The first kappa shape index (κ1) is 21.9. The molecule has 2 aromatic carbocycles. The second-order valence-corrected chi connectivity index (χ2v) is 8.79. The van der Waals surface area contributed by atoms with Gasteiger partial charge in [-0.3, -0.25) is 14.7 Å². The Morgan fingerprint density at radius 1 is 1.00 bits per heavy atom. The van der Waals surface area contributed by atoms with E-state index in [1.54, 1.807) is 29.2 Å². The molecule has 7 nitrogen and oxygen atoms in total. The van der Waals surface area contributed by atoms with Gasteiger partial charge in [0.05, 0.1) is 29.4 Å². The molecular weight excluding hydrogens is 452 g/mol. The summed E-state index contributed by atoms with van der Waals surface area (Å²) in [5, 5.41) is 11.3. The van der Waals surface area contributed by atoms with Gasteiger partial charge >= 0.3 is 0 Å². The van der Waals surface area contributed by atoms with E-state index in [2.05, 4.69) is 14.9 Å². The average molecular weight is 474 g/mol. The van der Waals surface area contributed by atoms with E-state index in [1.807, 2.05) is 4.90 Å². The van der Waals surface area contributed by atoms with Gasteiger partial charge in [0.25, 0.3) is 5.91 Å². The zero-order valence-corrected chi connectivity index (χ0v) is 18.4. The molecule has 1 N–H and O–H groups in total. The van der Waals surface area contributed by atoms with E-state index in [4.69, 9.17) is 11.6 Å². The van der Waals surface area contributed by atoms with Crippen LogP contribution in [-0.2, 0) is 0 Å². The Hall–Kier alpha value is -2.88. The maximum absolute atomic E-state index is 13.6. The molecule has 2 aliphatic rings. The van der Waals surface area contributed by atoms with Gasteiger partial charge in [0.1, 0.15) is 5.82 Å². The minimum absolute atomic E-state index is 0.0324. The number of β-amino-alcohol motifs (C(OH)–C–C–N with tert-alkyl or cyclic N) is 1. The molecule has 3 aromatic rings. The SMILES string of the molecule is O=C(c1ccc(Cl)cc1)N1CCN(C2CN(c3cnc4cc(F)c(F)cc4n3)CC2O)CC1. The number of carbonyl (C=O) groups excluding carboxylic acids is 1. The number of anilines is 1. The van der Waals surface area contributed by atoms with Gasteiger partial charge in [-0.15, -0.1) is 0 Å². The maximum Gasteiger partial charge on any atom is 0.253 e. The Morgan fingerprint density at radius 2 is 1.67 bits per heavy atom. The maximum atomic E-state index is 13.6. The molecule has 2 fully saturated rings. The molecule has 2 unspecified atom stereocenters. The quantitative estimate of drug-likeness (QED) is 0.630. The fraction of sp³-hybridized carbons (Fsp3) is 0.348. The number of hydrogen-bond acceptors (Lipinski definition) is 6. The molecule has 10 heteroatoms. The van der Waals surface area contributed by atoms with Crippen molar-refractivity contribution in [3.8, 4) is 0 Å². The number of aliphatic hydroxyl groups excluding tert-OH is 1. The van der Waals surface area contributed by atoms with Gasteiger partial charge in [-0.05, 0) is 24.3 Å². The molecule has 1 aromatic heterocycles. The van der Waals surface area contributed by atoms with Crippen LogP contribution in [0, 0.1) is 11.6 Å². The number of aliphatic hydroxyl groups is 1. The largest absolute Gasteiger partial charge is 0.390 e. The first-order valence-corrected chi connectivity index (χ1v) is 11.1. The normalized spacial score (nSPS) is 21.7. The highest BCUT2D eigenvalue weighted by Crippen LogP contribution is 2.25. The minimum atomic E-state index is -0.973. The van der Waals surface area contributed by atoms with Crippen LogP contribution in [0.2, 0.25) is 5.02 Å². The monoisotopic (exact) mass is 473 g/mol. The third kappa shape index (κ3) is 4.36. The van der Waals surface area contributed by atoms with E-state index >= 15 is 0 Å². The molecule has 2 aliphatic heterocycles. The highest BCUT2D eigenvalue weighted by molar-refractivity contribution is 6.30. The Bertz CT molecular complexity index is 1190. The van der Waals surface area contributed by atoms with Crippen LogP contribution < -0.4 is 4.90 Å². The summed E-state index contributed by atoms with van der Waals surface area (Å²) in [5.41, 5.74) is 1.14. The second kappa shape index (κ2) is 8.81. The Kier molecular flexibility index (Phi) is 5.86. The van der Waals surface area contributed by atoms with Crippen molar-refractivity contribution in [2.24, 2.45) is 0 Å². The van der Waals surface area contributed by atoms with E-state index < -0.39 is 17.7 Å². The predicted molar refractivity (Wildman–Crippen MR) is 120 cm³/mol. The molecule has 0 aliphatic carbocycles. The number of benzene rings is 2. The minimum Gasteiger partial charge on any atom is -0.390 e. The number of fused-ring (bicyclic) bond motifs is 1. The molecule has 2 atom stereocenters. The van der Waals surface area contributed by atoms with Crippen molar-refractivity contribution in [1.29, 1.82) is 0 Å². The van der Waals surface area contributed by atoms with Gasteiger partial charge in [-0.1, -0.05) is 11.6 Å². The van der Waals surface area contributed by atoms with E-state index in [9.17, 15) is 18.7 Å². The average Bonchev–Trinajstić information content (AvgIpc) is 3.21. The van der Waals surface area contributed by atoms with Crippen LogP contribution in [-0.4, -0.2) is 82.2 Å². The lowest BCUT2D eigenvalue weighted by Crippen LogP contribution is -2.54. The van der Waals surface area contributed by atoms with Crippen molar-refractivity contribution in [3.63, 3.8) is 0 Å². The van der Waals surface area contributed by atoms with Crippen molar-refractivity contribution in [2.75, 3.05) is 44.2 Å². The summed E-state index contributed by atoms with van der Waals surface area (Å²) in [6.45, 7) is 3.29. The standard InChI is InChI=1S/C23H22ClF2N5O2/c24-15-3-1-14(2-4-15)23(33)30-7-5-29(6-8-30)20-12-31(13-21(20)32)22-11-27-18-9-16(25)17(26)10-19(18)28-22/h1-4,9-11,20-21,32H,5-8,12-13H2. The molecule has 0 spiro atoms. The summed E-state index contributed by atoms with van der Waals surface area (Å²) < 4.78 is 27.0. The Morgan fingerprint density at radius 3 is 2.36 bits per heavy atom. The zero-order valence-electron chi connectivity index (χ0n) is 17.7. The van der Waals surface area contributed by atoms with Gasteiger partial charge in [-0.25, -0.2) is 13.8 Å². The third-order valence-corrected chi connectivity index (χ3v) is 6.57. The van der Waals surface area contributed by atoms with Crippen molar-refractivity contribution >= 4 is 34.4 Å². The number of aromatic nitrogens is 2. The van der Waals surface area contributed by atoms with Crippen molar-refractivity contribution in [1.82, 2.24) is 19.8 Å². The summed E-state index contributed by atoms with van der Waals surface area (Å²) in [5.74, 6) is -1.46. The molecule has 0 bridgehead atoms. The van der Waals surface area contributed by atoms with Crippen LogP contribution in [0.5, 0.6) is 0 Å². The lowest BCUT2D eigenvalue weighted by atomic mass is 10.1. The number of rotatable bonds is 3. The highest BCUT2D eigenvalue weighted by Gasteiger charge is 2.38. The molecule has 5 rings (SSSR count). The third-order valence-electron chi connectivity index (χ3n) is 6.32. The number of amides is 1. The smallest absolute Gasteiger partial charge is 0.253 e. The number of halogens is 3. The Labute approximate surface area is 194 Å². The molecule has 3 heterocycles. The number of nitrogens with zero attached hydrogens (tertiary/aromatic N) is 5. The van der Waals surface area contributed by atoms with E-state index in [0.717, 1.165) is 12.1 Å². The number of piperazine rings is 1. The lowest BCUT2D eigenvalue weighted by molar-refractivity contribution is 0.0376. The first-order valence-electron chi connectivity index (χ1n) is 10.7. The summed E-state index contributed by atoms with van der Waals surface area (Å²) >= 11 is 5.91. The van der Waals surface area contributed by atoms with Crippen LogP contribution in [0.3, 0.4) is 0 Å². The fourth-order valence-corrected chi connectivity index (χ4v) is 4.62. The molecule has 33 heavy (non-hydrogen) atoms. The molecule has 172 valence electrons. The van der Waals surface area contributed by atoms with Crippen molar-refractivity contribution in [3.05, 3.63) is 64.8 Å². The fourth-order valence-electron chi connectivity index (χ4n) is 4.50. The van der Waals surface area contributed by atoms with Gasteiger partial charge in [-0.2, -0.15) is 0 Å². The van der Waals surface area contributed by atoms with Gasteiger partial charge < -0.3 is 14.9 Å². The highest BCUT2D eigenvalue weighted by atomic mass is 35.5. The molecule has 1 amide bonds. The Balaban J connectivity index is 1.24. The van der Waals surface area contributed by atoms with Crippen LogP contribution in [0.25, 0.3) is 11.0 Å². The van der Waals surface area contributed by atoms with E-state index in [0.29, 0.717) is 55.7 Å². The first-order chi connectivity index (χ1) is 15.9. The van der Waals surface area contributed by atoms with E-state index in [1.165, 1.54) is 6.20 Å².